The Kier molecular flexibility index (Phi) is 3.79. The molecule has 0 radical (unpaired) electrons. The minimum Gasteiger partial charge on any atom is -0.370 e. The molecular formula is C19H25N4O+. The highest BCUT2D eigenvalue weighted by molar-refractivity contribution is 5.99. The minimum atomic E-state index is -0.0391. The number of carbonyl (C=O) groups is 1. The van der Waals surface area contributed by atoms with E-state index in [0.29, 0.717) is 0 Å². The fourth-order valence-corrected chi connectivity index (χ4v) is 4.48. The molecule has 1 aromatic carbocycles. The summed E-state index contributed by atoms with van der Waals surface area (Å²) >= 11 is 0. The lowest BCUT2D eigenvalue weighted by Gasteiger charge is -2.36. The van der Waals surface area contributed by atoms with Gasteiger partial charge in [0.1, 0.15) is 30.7 Å². The lowest BCUT2D eigenvalue weighted by atomic mass is 9.72. The maximum atomic E-state index is 12.6. The van der Waals surface area contributed by atoms with Gasteiger partial charge in [0.25, 0.3) is 5.84 Å². The predicted molar refractivity (Wildman–Crippen MR) is 94.0 cm³/mol. The molecule has 1 fully saturated rings. The number of amidine groups is 1. The molecule has 1 aromatic rings. The smallest absolute Gasteiger partial charge is 0.277 e. The van der Waals surface area contributed by atoms with E-state index < -0.39 is 0 Å². The molecule has 0 bridgehead atoms. The Balaban J connectivity index is 1.94. The number of hydrogen-bond acceptors (Lipinski definition) is 4. The molecule has 5 nitrogen and oxygen atoms in total. The van der Waals surface area contributed by atoms with Gasteiger partial charge in [-0.15, -0.1) is 0 Å². The number of rotatable bonds is 2. The van der Waals surface area contributed by atoms with Gasteiger partial charge in [-0.25, -0.2) is 0 Å². The van der Waals surface area contributed by atoms with Crippen LogP contribution in [0.3, 0.4) is 0 Å². The zero-order chi connectivity index (χ0) is 16.7. The quantitative estimate of drug-likeness (QED) is 0.704. The van der Waals surface area contributed by atoms with E-state index in [1.165, 1.54) is 17.0 Å². The first-order valence-corrected chi connectivity index (χ1v) is 8.83. The highest BCUT2D eigenvalue weighted by atomic mass is 16.1. The van der Waals surface area contributed by atoms with Gasteiger partial charge in [0.2, 0.25) is 0 Å². The molecule has 5 heteroatoms. The third-order valence-corrected chi connectivity index (χ3v) is 5.49. The highest BCUT2D eigenvalue weighted by Gasteiger charge is 2.49. The first kappa shape index (κ1) is 15.2. The van der Waals surface area contributed by atoms with Gasteiger partial charge >= 0.3 is 0 Å². The molecule has 126 valence electrons. The molecule has 3 unspecified atom stereocenters. The summed E-state index contributed by atoms with van der Waals surface area (Å²) in [6.45, 7) is 7.67. The Morgan fingerprint density at radius 1 is 1.08 bits per heavy atom. The summed E-state index contributed by atoms with van der Waals surface area (Å²) in [5.41, 5.74) is 2.43. The van der Waals surface area contributed by atoms with E-state index in [0.717, 1.165) is 32.0 Å². The number of nitrogens with zero attached hydrogens (tertiary/aromatic N) is 1. The molecule has 3 atom stereocenters. The predicted octanol–water partition coefficient (Wildman–Crippen LogP) is 0.796. The van der Waals surface area contributed by atoms with E-state index in [9.17, 15) is 4.79 Å². The van der Waals surface area contributed by atoms with E-state index in [1.54, 1.807) is 6.92 Å². The van der Waals surface area contributed by atoms with Crippen LogP contribution in [0.4, 0.5) is 0 Å². The Morgan fingerprint density at radius 2 is 1.79 bits per heavy atom. The van der Waals surface area contributed by atoms with Crippen molar-refractivity contribution in [3.05, 3.63) is 47.3 Å². The molecule has 1 saturated heterocycles. The first-order chi connectivity index (χ1) is 11.7. The molecule has 3 aliphatic heterocycles. The summed E-state index contributed by atoms with van der Waals surface area (Å²) in [5, 5.41) is 10.5. The lowest BCUT2D eigenvalue weighted by Crippen LogP contribution is -2.49. The van der Waals surface area contributed by atoms with Gasteiger partial charge < -0.3 is 10.6 Å². The standard InChI is InChI=1S/C19H24N4O/c1-12-15(13(2)24)16(14-6-4-3-5-7-14)17(18-20-8-9-21-18)19-22-10-11-23(12)19/h3-7,12,15-16H,8-11H2,1-2H3,(H2,20,21,22)/p+1. The van der Waals surface area contributed by atoms with Crippen molar-refractivity contribution < 1.29 is 9.37 Å². The molecule has 0 amide bonds. The highest BCUT2D eigenvalue weighted by Crippen LogP contribution is 2.41. The number of hydrogen-bond donors (Lipinski definition) is 3. The normalized spacial score (nSPS) is 29.0. The van der Waals surface area contributed by atoms with Crippen LogP contribution in [-0.4, -0.2) is 48.4 Å². The summed E-state index contributed by atoms with van der Waals surface area (Å²) in [5.74, 6) is 2.56. The maximum absolute atomic E-state index is 12.6. The molecule has 0 saturated carbocycles. The van der Waals surface area contributed by atoms with Crippen LogP contribution in [0.2, 0.25) is 0 Å². The molecule has 3 N–H and O–H groups in total. The van der Waals surface area contributed by atoms with Gasteiger partial charge in [0.05, 0.1) is 11.5 Å². The van der Waals surface area contributed by atoms with Crippen LogP contribution < -0.4 is 16.0 Å². The Labute approximate surface area is 142 Å². The summed E-state index contributed by atoms with van der Waals surface area (Å²) in [6, 6.07) is 10.7. The molecule has 0 spiro atoms. The first-order valence-electron chi connectivity index (χ1n) is 8.83. The second kappa shape index (κ2) is 5.96. The monoisotopic (exact) mass is 325 g/mol. The van der Waals surface area contributed by atoms with E-state index in [-0.39, 0.29) is 23.7 Å². The number of nitrogens with one attached hydrogen (secondary N) is 3. The van der Waals surface area contributed by atoms with Gasteiger partial charge in [-0.2, -0.15) is 0 Å². The third-order valence-electron chi connectivity index (χ3n) is 5.49. The van der Waals surface area contributed by atoms with E-state index in [4.69, 9.17) is 0 Å². The van der Waals surface area contributed by atoms with Crippen molar-refractivity contribution >= 4 is 11.6 Å². The van der Waals surface area contributed by atoms with Gasteiger partial charge in [-0.1, -0.05) is 30.3 Å². The Bertz CT molecular complexity index is 714. The number of ketones is 1. The molecular weight excluding hydrogens is 300 g/mol. The van der Waals surface area contributed by atoms with E-state index in [2.05, 4.69) is 51.7 Å². The Morgan fingerprint density at radius 3 is 2.46 bits per heavy atom. The zero-order valence-electron chi connectivity index (χ0n) is 14.3. The fourth-order valence-electron chi connectivity index (χ4n) is 4.48. The van der Waals surface area contributed by atoms with Crippen LogP contribution in [0, 0.1) is 5.92 Å². The topological polar surface area (TPSA) is 56.2 Å². The molecule has 24 heavy (non-hydrogen) atoms. The lowest BCUT2D eigenvalue weighted by molar-refractivity contribution is -0.562. The van der Waals surface area contributed by atoms with Crippen molar-refractivity contribution in [2.24, 2.45) is 5.92 Å². The van der Waals surface area contributed by atoms with Crippen LogP contribution in [0.1, 0.15) is 25.3 Å². The van der Waals surface area contributed by atoms with Crippen molar-refractivity contribution in [3.8, 4) is 0 Å². The summed E-state index contributed by atoms with van der Waals surface area (Å²) in [6.07, 6.45) is 0. The summed E-state index contributed by atoms with van der Waals surface area (Å²) in [7, 11) is 0. The van der Waals surface area contributed by atoms with Crippen molar-refractivity contribution in [1.29, 1.82) is 0 Å². The Hall–Kier alpha value is -2.30. The van der Waals surface area contributed by atoms with Gasteiger partial charge in [0.15, 0.2) is 0 Å². The second-order valence-corrected chi connectivity index (χ2v) is 6.88. The third kappa shape index (κ3) is 2.30. The largest absolute Gasteiger partial charge is 0.370 e. The minimum absolute atomic E-state index is 0.0391. The average molecular weight is 325 g/mol. The molecule has 3 heterocycles. The van der Waals surface area contributed by atoms with Crippen LogP contribution >= 0.6 is 0 Å². The van der Waals surface area contributed by atoms with Crippen LogP contribution in [0.15, 0.2) is 41.7 Å². The maximum Gasteiger partial charge on any atom is 0.277 e. The van der Waals surface area contributed by atoms with Crippen molar-refractivity contribution in [2.75, 3.05) is 26.2 Å². The second-order valence-electron chi connectivity index (χ2n) is 6.88. The number of benzene rings is 1. The molecule has 4 rings (SSSR count). The van der Waals surface area contributed by atoms with Crippen LogP contribution in [0.25, 0.3) is 0 Å². The van der Waals surface area contributed by atoms with Gasteiger partial charge in [-0.3, -0.25) is 14.7 Å². The van der Waals surface area contributed by atoms with Gasteiger partial charge in [-0.05, 0) is 19.4 Å². The van der Waals surface area contributed by atoms with Crippen molar-refractivity contribution in [3.63, 3.8) is 0 Å². The molecule has 0 aliphatic carbocycles. The summed E-state index contributed by atoms with van der Waals surface area (Å²) < 4.78 is 2.37. The fraction of sp³-hybridized carbons (Fsp3) is 0.474. The SMILES string of the molecule is CC(=O)C1C(c2ccccc2)C(=C2NCCN2)C2=[N+](CCN2)C1C. The van der Waals surface area contributed by atoms with E-state index >= 15 is 0 Å². The van der Waals surface area contributed by atoms with Crippen LogP contribution in [0.5, 0.6) is 0 Å². The van der Waals surface area contributed by atoms with Crippen molar-refractivity contribution in [1.82, 2.24) is 16.0 Å². The van der Waals surface area contributed by atoms with E-state index in [1.807, 2.05) is 6.07 Å². The number of carbonyl (C=O) groups excluding carboxylic acids is 1. The van der Waals surface area contributed by atoms with Crippen LogP contribution in [-0.2, 0) is 4.79 Å². The van der Waals surface area contributed by atoms with Gasteiger partial charge in [0, 0.05) is 19.0 Å². The average Bonchev–Trinajstić information content (AvgIpc) is 3.27. The summed E-state index contributed by atoms with van der Waals surface area (Å²) in [4.78, 5) is 12.6. The van der Waals surface area contributed by atoms with Crippen molar-refractivity contribution in [2.45, 2.75) is 25.8 Å². The molecule has 3 aliphatic rings. The molecule has 0 aromatic heterocycles. The zero-order valence-corrected chi connectivity index (χ0v) is 14.3. The number of Topliss-reactive ketones (excluding diaryl/α,β-unsaturated/α-hetero) is 1.